The highest BCUT2D eigenvalue weighted by atomic mass is 16.5. The van der Waals surface area contributed by atoms with E-state index in [2.05, 4.69) is 5.32 Å². The van der Waals surface area contributed by atoms with Crippen LogP contribution in [0.15, 0.2) is 18.2 Å². The maximum Gasteiger partial charge on any atom is 0.229 e. The lowest BCUT2D eigenvalue weighted by Crippen LogP contribution is -2.30. The molecular weight excluding hydrogens is 244 g/mol. The summed E-state index contributed by atoms with van der Waals surface area (Å²) in [5.41, 5.74) is 7.23. The second-order valence-corrected chi connectivity index (χ2v) is 4.64. The average molecular weight is 264 g/mol. The molecule has 0 saturated carbocycles. The minimum Gasteiger partial charge on any atom is -0.495 e. The standard InChI is InChI=1S/C14H20N2O3/c1-18-13-7-10(8-15)4-5-12(13)16-14(17)11-3-2-6-19-9-11/h4-5,7,11H,2-3,6,8-9,15H2,1H3,(H,16,17). The summed E-state index contributed by atoms with van der Waals surface area (Å²) in [7, 11) is 1.58. The number of rotatable bonds is 4. The highest BCUT2D eigenvalue weighted by Gasteiger charge is 2.22. The minimum absolute atomic E-state index is 0.0153. The van der Waals surface area contributed by atoms with Gasteiger partial charge in [-0.05, 0) is 30.5 Å². The highest BCUT2D eigenvalue weighted by Crippen LogP contribution is 2.26. The molecule has 3 N–H and O–H groups in total. The van der Waals surface area contributed by atoms with E-state index in [0.29, 0.717) is 24.6 Å². The first-order chi connectivity index (χ1) is 9.24. The van der Waals surface area contributed by atoms with Crippen molar-refractivity contribution in [1.82, 2.24) is 0 Å². The molecule has 0 aromatic heterocycles. The van der Waals surface area contributed by atoms with Crippen LogP contribution in [0.25, 0.3) is 0 Å². The fraction of sp³-hybridized carbons (Fsp3) is 0.500. The molecule has 1 aromatic rings. The molecule has 2 rings (SSSR count). The smallest absolute Gasteiger partial charge is 0.229 e. The Balaban J connectivity index is 2.07. The van der Waals surface area contributed by atoms with Crippen molar-refractivity contribution in [3.63, 3.8) is 0 Å². The molecule has 0 radical (unpaired) electrons. The Morgan fingerprint density at radius 1 is 1.58 bits per heavy atom. The maximum absolute atomic E-state index is 12.1. The van der Waals surface area contributed by atoms with Gasteiger partial charge >= 0.3 is 0 Å². The number of amides is 1. The predicted molar refractivity (Wildman–Crippen MR) is 73.1 cm³/mol. The lowest BCUT2D eigenvalue weighted by molar-refractivity contribution is -0.123. The Bertz CT molecular complexity index is 442. The largest absolute Gasteiger partial charge is 0.495 e. The fourth-order valence-corrected chi connectivity index (χ4v) is 2.15. The van der Waals surface area contributed by atoms with Crippen molar-refractivity contribution in [2.45, 2.75) is 19.4 Å². The third-order valence-corrected chi connectivity index (χ3v) is 3.29. The van der Waals surface area contributed by atoms with Crippen LogP contribution in [-0.2, 0) is 16.1 Å². The van der Waals surface area contributed by atoms with Gasteiger partial charge in [0.25, 0.3) is 0 Å². The van der Waals surface area contributed by atoms with Gasteiger partial charge in [0.2, 0.25) is 5.91 Å². The molecule has 104 valence electrons. The summed E-state index contributed by atoms with van der Waals surface area (Å²) in [6.45, 7) is 1.69. The minimum atomic E-state index is -0.0763. The zero-order valence-electron chi connectivity index (χ0n) is 11.1. The molecule has 19 heavy (non-hydrogen) atoms. The number of carbonyl (C=O) groups is 1. The van der Waals surface area contributed by atoms with E-state index < -0.39 is 0 Å². The summed E-state index contributed by atoms with van der Waals surface area (Å²) in [5, 5.41) is 2.90. The normalized spacial score (nSPS) is 18.9. The lowest BCUT2D eigenvalue weighted by Gasteiger charge is -2.21. The SMILES string of the molecule is COc1cc(CN)ccc1NC(=O)C1CCCOC1. The second-order valence-electron chi connectivity index (χ2n) is 4.64. The van der Waals surface area contributed by atoms with Crippen LogP contribution < -0.4 is 15.8 Å². The van der Waals surface area contributed by atoms with Crippen molar-refractivity contribution >= 4 is 11.6 Å². The molecule has 1 aliphatic heterocycles. The lowest BCUT2D eigenvalue weighted by atomic mass is 10.0. The van der Waals surface area contributed by atoms with Crippen molar-refractivity contribution in [2.24, 2.45) is 11.7 Å². The van der Waals surface area contributed by atoms with Crippen molar-refractivity contribution < 1.29 is 14.3 Å². The number of ether oxygens (including phenoxy) is 2. The van der Waals surface area contributed by atoms with Crippen molar-refractivity contribution in [3.8, 4) is 5.75 Å². The zero-order chi connectivity index (χ0) is 13.7. The van der Waals surface area contributed by atoms with Crippen LogP contribution in [0.4, 0.5) is 5.69 Å². The first-order valence-electron chi connectivity index (χ1n) is 6.50. The molecule has 1 fully saturated rings. The van der Waals surface area contributed by atoms with E-state index in [4.69, 9.17) is 15.2 Å². The number of benzene rings is 1. The molecule has 1 amide bonds. The molecule has 1 atom stereocenters. The molecular formula is C14H20N2O3. The van der Waals surface area contributed by atoms with Gasteiger partial charge in [-0.2, -0.15) is 0 Å². The first kappa shape index (κ1) is 13.8. The first-order valence-corrected chi connectivity index (χ1v) is 6.50. The molecule has 1 aromatic carbocycles. The molecule has 0 aliphatic carbocycles. The number of anilines is 1. The predicted octanol–water partition coefficient (Wildman–Crippen LogP) is 1.52. The van der Waals surface area contributed by atoms with Crippen molar-refractivity contribution in [1.29, 1.82) is 0 Å². The summed E-state index contributed by atoms with van der Waals surface area (Å²) >= 11 is 0. The van der Waals surface area contributed by atoms with Crippen molar-refractivity contribution in [2.75, 3.05) is 25.6 Å². The summed E-state index contributed by atoms with van der Waals surface area (Å²) < 4.78 is 10.6. The van der Waals surface area contributed by atoms with Gasteiger partial charge < -0.3 is 20.5 Å². The van der Waals surface area contributed by atoms with Gasteiger partial charge in [-0.25, -0.2) is 0 Å². The van der Waals surface area contributed by atoms with E-state index in [-0.39, 0.29) is 11.8 Å². The summed E-state index contributed by atoms with van der Waals surface area (Å²) in [4.78, 5) is 12.1. The molecule has 0 bridgehead atoms. The molecule has 1 heterocycles. The number of hydrogen-bond donors (Lipinski definition) is 2. The van der Waals surface area contributed by atoms with Gasteiger partial charge in [-0.15, -0.1) is 0 Å². The topological polar surface area (TPSA) is 73.6 Å². The van der Waals surface area contributed by atoms with Crippen LogP contribution in [0.5, 0.6) is 5.75 Å². The molecule has 1 saturated heterocycles. The van der Waals surface area contributed by atoms with E-state index in [1.165, 1.54) is 0 Å². The summed E-state index contributed by atoms with van der Waals surface area (Å²) in [5.74, 6) is 0.541. The molecule has 1 unspecified atom stereocenters. The van der Waals surface area contributed by atoms with Gasteiger partial charge in [-0.3, -0.25) is 4.79 Å². The van der Waals surface area contributed by atoms with Gasteiger partial charge in [0, 0.05) is 13.2 Å². The second kappa shape index (κ2) is 6.54. The average Bonchev–Trinajstić information content (AvgIpc) is 2.48. The van der Waals surface area contributed by atoms with Gasteiger partial charge in [-0.1, -0.05) is 6.07 Å². The third-order valence-electron chi connectivity index (χ3n) is 3.29. The number of carbonyl (C=O) groups excluding carboxylic acids is 1. The summed E-state index contributed by atoms with van der Waals surface area (Å²) in [6, 6.07) is 5.55. The molecule has 1 aliphatic rings. The van der Waals surface area contributed by atoms with Crippen LogP contribution >= 0.6 is 0 Å². The number of nitrogens with two attached hydrogens (primary N) is 1. The Morgan fingerprint density at radius 2 is 2.42 bits per heavy atom. The Morgan fingerprint density at radius 3 is 3.05 bits per heavy atom. The van der Waals surface area contributed by atoms with Crippen LogP contribution in [0.3, 0.4) is 0 Å². The summed E-state index contributed by atoms with van der Waals surface area (Å²) in [6.07, 6.45) is 1.80. The van der Waals surface area contributed by atoms with E-state index in [0.717, 1.165) is 25.0 Å². The van der Waals surface area contributed by atoms with Crippen LogP contribution in [0, 0.1) is 5.92 Å². The number of nitrogens with one attached hydrogen (secondary N) is 1. The van der Waals surface area contributed by atoms with Crippen LogP contribution in [-0.4, -0.2) is 26.2 Å². The fourth-order valence-electron chi connectivity index (χ4n) is 2.15. The molecule has 0 spiro atoms. The van der Waals surface area contributed by atoms with Crippen LogP contribution in [0.1, 0.15) is 18.4 Å². The zero-order valence-corrected chi connectivity index (χ0v) is 11.1. The van der Waals surface area contributed by atoms with E-state index in [9.17, 15) is 4.79 Å². The van der Waals surface area contributed by atoms with Gasteiger partial charge in [0.1, 0.15) is 5.75 Å². The Kier molecular flexibility index (Phi) is 4.76. The highest BCUT2D eigenvalue weighted by molar-refractivity contribution is 5.94. The number of hydrogen-bond acceptors (Lipinski definition) is 4. The number of methoxy groups -OCH3 is 1. The van der Waals surface area contributed by atoms with Gasteiger partial charge in [0.05, 0.1) is 25.3 Å². The molecule has 5 nitrogen and oxygen atoms in total. The van der Waals surface area contributed by atoms with E-state index >= 15 is 0 Å². The maximum atomic E-state index is 12.1. The van der Waals surface area contributed by atoms with E-state index in [1.54, 1.807) is 7.11 Å². The third kappa shape index (κ3) is 3.45. The van der Waals surface area contributed by atoms with Crippen molar-refractivity contribution in [3.05, 3.63) is 23.8 Å². The van der Waals surface area contributed by atoms with Crippen LogP contribution in [0.2, 0.25) is 0 Å². The Labute approximate surface area is 113 Å². The molecule has 5 heteroatoms. The quantitative estimate of drug-likeness (QED) is 0.864. The van der Waals surface area contributed by atoms with Gasteiger partial charge in [0.15, 0.2) is 0 Å². The Hall–Kier alpha value is -1.59. The van der Waals surface area contributed by atoms with E-state index in [1.807, 2.05) is 18.2 Å². The monoisotopic (exact) mass is 264 g/mol.